The number of carbonyl (C=O) groups excluding carboxylic acids is 1. The predicted molar refractivity (Wildman–Crippen MR) is 87.9 cm³/mol. The first-order chi connectivity index (χ1) is 10.5. The van der Waals surface area contributed by atoms with Crippen LogP contribution in [0.2, 0.25) is 5.02 Å². The molecule has 0 spiro atoms. The molecule has 0 atom stereocenters. The minimum Gasteiger partial charge on any atom is -0.360 e. The van der Waals surface area contributed by atoms with Gasteiger partial charge in [0.05, 0.1) is 15.9 Å². The molecular formula is C15H14ClN3O2S. The van der Waals surface area contributed by atoms with Crippen molar-refractivity contribution in [2.24, 2.45) is 0 Å². The number of hydrogen-bond acceptors (Lipinski definition) is 5. The lowest BCUT2D eigenvalue weighted by Gasteiger charge is -2.04. The van der Waals surface area contributed by atoms with E-state index >= 15 is 0 Å². The highest BCUT2D eigenvalue weighted by molar-refractivity contribution is 7.22. The molecule has 0 saturated carbocycles. The summed E-state index contributed by atoms with van der Waals surface area (Å²) >= 11 is 7.34. The summed E-state index contributed by atoms with van der Waals surface area (Å²) in [6.07, 6.45) is 0. The molecule has 0 saturated heterocycles. The zero-order chi connectivity index (χ0) is 15.9. The average Bonchev–Trinajstić information content (AvgIpc) is 3.01. The van der Waals surface area contributed by atoms with Crippen molar-refractivity contribution in [3.8, 4) is 0 Å². The highest BCUT2D eigenvalue weighted by atomic mass is 35.5. The fraction of sp³-hybridized carbons (Fsp3) is 0.267. The van der Waals surface area contributed by atoms with E-state index in [2.05, 4.69) is 15.5 Å². The summed E-state index contributed by atoms with van der Waals surface area (Å²) in [5.41, 5.74) is 1.86. The number of carbonyl (C=O) groups is 1. The summed E-state index contributed by atoms with van der Waals surface area (Å²) in [4.78, 5) is 16.9. The second-order valence-electron chi connectivity index (χ2n) is 5.25. The monoisotopic (exact) mass is 335 g/mol. The van der Waals surface area contributed by atoms with E-state index in [0.29, 0.717) is 27.2 Å². The summed E-state index contributed by atoms with van der Waals surface area (Å²) in [7, 11) is 0. The van der Waals surface area contributed by atoms with Gasteiger partial charge in [-0.3, -0.25) is 10.1 Å². The normalized spacial score (nSPS) is 11.3. The minimum atomic E-state index is -0.257. The van der Waals surface area contributed by atoms with Crippen LogP contribution < -0.4 is 5.32 Å². The van der Waals surface area contributed by atoms with Crippen LogP contribution in [0.4, 0.5) is 5.13 Å². The molecule has 1 amide bonds. The van der Waals surface area contributed by atoms with Gasteiger partial charge < -0.3 is 4.52 Å². The number of fused-ring (bicyclic) bond motifs is 1. The summed E-state index contributed by atoms with van der Waals surface area (Å²) < 4.78 is 6.17. The van der Waals surface area contributed by atoms with Crippen molar-refractivity contribution in [3.05, 3.63) is 40.2 Å². The van der Waals surface area contributed by atoms with Crippen molar-refractivity contribution >= 4 is 44.2 Å². The first kappa shape index (κ1) is 15.0. The van der Waals surface area contributed by atoms with E-state index in [-0.39, 0.29) is 11.8 Å². The summed E-state index contributed by atoms with van der Waals surface area (Å²) in [6, 6.07) is 5.43. The molecule has 0 radical (unpaired) electrons. The summed E-state index contributed by atoms with van der Waals surface area (Å²) in [5, 5.41) is 7.87. The lowest BCUT2D eigenvalue weighted by Crippen LogP contribution is -2.14. The Morgan fingerprint density at radius 2 is 2.18 bits per heavy atom. The van der Waals surface area contributed by atoms with Gasteiger partial charge in [-0.2, -0.15) is 0 Å². The lowest BCUT2D eigenvalue weighted by atomic mass is 10.0. The van der Waals surface area contributed by atoms with Crippen molar-refractivity contribution in [3.63, 3.8) is 0 Å². The molecule has 0 fully saturated rings. The molecule has 22 heavy (non-hydrogen) atoms. The number of aromatic nitrogens is 2. The molecule has 0 bridgehead atoms. The van der Waals surface area contributed by atoms with E-state index < -0.39 is 0 Å². The Kier molecular flexibility index (Phi) is 3.88. The van der Waals surface area contributed by atoms with Crippen LogP contribution in [0.15, 0.2) is 22.7 Å². The van der Waals surface area contributed by atoms with E-state index in [1.807, 2.05) is 26.0 Å². The minimum absolute atomic E-state index is 0.0797. The molecule has 114 valence electrons. The number of benzene rings is 1. The Morgan fingerprint density at radius 1 is 1.41 bits per heavy atom. The van der Waals surface area contributed by atoms with Crippen molar-refractivity contribution in [1.82, 2.24) is 10.1 Å². The van der Waals surface area contributed by atoms with E-state index in [4.69, 9.17) is 16.1 Å². The van der Waals surface area contributed by atoms with Gasteiger partial charge in [-0.05, 0) is 25.1 Å². The maximum Gasteiger partial charge on any atom is 0.262 e. The topological polar surface area (TPSA) is 68.0 Å². The van der Waals surface area contributed by atoms with Crippen LogP contribution in [0.3, 0.4) is 0 Å². The molecule has 0 aliphatic heterocycles. The van der Waals surface area contributed by atoms with Crippen molar-refractivity contribution < 1.29 is 9.32 Å². The number of amides is 1. The zero-order valence-corrected chi connectivity index (χ0v) is 13.9. The van der Waals surface area contributed by atoms with E-state index in [1.54, 1.807) is 13.0 Å². The highest BCUT2D eigenvalue weighted by Gasteiger charge is 2.23. The van der Waals surface area contributed by atoms with Gasteiger partial charge in [0, 0.05) is 10.9 Å². The number of nitrogens with zero attached hydrogens (tertiary/aromatic N) is 2. The van der Waals surface area contributed by atoms with Crippen LogP contribution >= 0.6 is 22.9 Å². The van der Waals surface area contributed by atoms with Crippen LogP contribution in [-0.2, 0) is 0 Å². The maximum atomic E-state index is 12.5. The third-order valence-corrected chi connectivity index (χ3v) is 4.38. The van der Waals surface area contributed by atoms with Gasteiger partial charge in [-0.15, -0.1) is 0 Å². The van der Waals surface area contributed by atoms with E-state index in [9.17, 15) is 4.79 Å². The van der Waals surface area contributed by atoms with Crippen molar-refractivity contribution in [2.45, 2.75) is 26.7 Å². The van der Waals surface area contributed by atoms with Crippen LogP contribution in [0, 0.1) is 6.92 Å². The molecule has 0 unspecified atom stereocenters. The first-order valence-electron chi connectivity index (χ1n) is 6.79. The van der Waals surface area contributed by atoms with Gasteiger partial charge in [0.2, 0.25) is 0 Å². The quantitative estimate of drug-likeness (QED) is 0.758. The largest absolute Gasteiger partial charge is 0.360 e. The number of nitrogens with one attached hydrogen (secondary N) is 1. The molecule has 1 aromatic carbocycles. The standard InChI is InChI=1S/C15H14ClN3O2S/c1-7(2)13-12(8(3)19-21-13)14(20)18-15-17-10-5-4-9(16)6-11(10)22-15/h4-7H,1-3H3,(H,17,18,20). The van der Waals surface area contributed by atoms with Gasteiger partial charge in [0.15, 0.2) is 10.9 Å². The number of hydrogen-bond donors (Lipinski definition) is 1. The SMILES string of the molecule is Cc1noc(C(C)C)c1C(=O)Nc1nc2ccc(Cl)cc2s1. The third kappa shape index (κ3) is 2.71. The highest BCUT2D eigenvalue weighted by Crippen LogP contribution is 2.29. The molecule has 3 rings (SSSR count). The Labute approximate surface area is 136 Å². The fourth-order valence-corrected chi connectivity index (χ4v) is 3.31. The van der Waals surface area contributed by atoms with Gasteiger partial charge in [0.25, 0.3) is 5.91 Å². The molecule has 1 N–H and O–H groups in total. The Bertz CT molecular complexity index is 854. The van der Waals surface area contributed by atoms with E-state index in [0.717, 1.165) is 10.2 Å². The third-order valence-electron chi connectivity index (χ3n) is 3.21. The first-order valence-corrected chi connectivity index (χ1v) is 7.98. The number of aryl methyl sites for hydroxylation is 1. The lowest BCUT2D eigenvalue weighted by molar-refractivity contribution is 0.102. The summed E-state index contributed by atoms with van der Waals surface area (Å²) in [5.74, 6) is 0.405. The van der Waals surface area contributed by atoms with Gasteiger partial charge >= 0.3 is 0 Å². The van der Waals surface area contributed by atoms with Crippen LogP contribution in [0.5, 0.6) is 0 Å². The number of thiazole rings is 1. The predicted octanol–water partition coefficient (Wildman–Crippen LogP) is 4.62. The average molecular weight is 336 g/mol. The second-order valence-corrected chi connectivity index (χ2v) is 6.71. The van der Waals surface area contributed by atoms with E-state index in [1.165, 1.54) is 11.3 Å². The molecule has 7 heteroatoms. The zero-order valence-electron chi connectivity index (χ0n) is 12.3. The van der Waals surface area contributed by atoms with Crippen LogP contribution in [0.1, 0.15) is 41.6 Å². The maximum absolute atomic E-state index is 12.5. The van der Waals surface area contributed by atoms with Crippen molar-refractivity contribution in [1.29, 1.82) is 0 Å². The van der Waals surface area contributed by atoms with Gasteiger partial charge in [-0.25, -0.2) is 4.98 Å². The van der Waals surface area contributed by atoms with Crippen LogP contribution in [-0.4, -0.2) is 16.0 Å². The van der Waals surface area contributed by atoms with Gasteiger partial charge in [-0.1, -0.05) is 41.9 Å². The fourth-order valence-electron chi connectivity index (χ4n) is 2.17. The molecule has 5 nitrogen and oxygen atoms in total. The van der Waals surface area contributed by atoms with Crippen LogP contribution in [0.25, 0.3) is 10.2 Å². The molecule has 3 aromatic rings. The number of rotatable bonds is 3. The summed E-state index contributed by atoms with van der Waals surface area (Å²) in [6.45, 7) is 5.66. The molecule has 0 aliphatic rings. The Morgan fingerprint density at radius 3 is 2.91 bits per heavy atom. The second kappa shape index (κ2) is 5.70. The molecular weight excluding hydrogens is 322 g/mol. The Balaban J connectivity index is 1.91. The Hall–Kier alpha value is -1.92. The van der Waals surface area contributed by atoms with Gasteiger partial charge in [0.1, 0.15) is 5.56 Å². The number of halogens is 1. The molecule has 0 aliphatic carbocycles. The molecule has 2 aromatic heterocycles. The number of anilines is 1. The smallest absolute Gasteiger partial charge is 0.262 e. The van der Waals surface area contributed by atoms with Crippen molar-refractivity contribution in [2.75, 3.05) is 5.32 Å². The molecule has 2 heterocycles.